The van der Waals surface area contributed by atoms with Crippen LogP contribution in [0.25, 0.3) is 0 Å². The standard InChI is InChI=1S/C26H34N8O5/c1-15(2)22(27)25(37)33-20(10-18-12-29-14-31-18)23(35)32-19(9-17-11-28-13-30-17)24(36)34-21(26(38)39)8-16-6-4-3-5-7-16/h3-7,11-15,19-22H,8-10,27H2,1-2H3,(H,28,30)(H,29,31)(H,32,35)(H,33,37)(H,34,36)(H,38,39). The quantitative estimate of drug-likeness (QED) is 0.144. The summed E-state index contributed by atoms with van der Waals surface area (Å²) in [7, 11) is 0. The van der Waals surface area contributed by atoms with Crippen LogP contribution in [0.15, 0.2) is 55.4 Å². The predicted molar refractivity (Wildman–Crippen MR) is 141 cm³/mol. The first-order chi connectivity index (χ1) is 18.6. The normalized spacial score (nSPS) is 14.2. The van der Waals surface area contributed by atoms with Crippen molar-refractivity contribution in [2.75, 3.05) is 0 Å². The fourth-order valence-corrected chi connectivity index (χ4v) is 3.82. The zero-order chi connectivity index (χ0) is 28.4. The number of imidazole rings is 2. The summed E-state index contributed by atoms with van der Waals surface area (Å²) in [4.78, 5) is 65.0. The Labute approximate surface area is 225 Å². The molecule has 0 aliphatic rings. The molecule has 39 heavy (non-hydrogen) atoms. The van der Waals surface area contributed by atoms with Crippen molar-refractivity contribution in [1.29, 1.82) is 0 Å². The maximum atomic E-state index is 13.4. The van der Waals surface area contributed by atoms with Gasteiger partial charge in [0, 0.05) is 43.0 Å². The molecule has 13 nitrogen and oxygen atoms in total. The van der Waals surface area contributed by atoms with E-state index >= 15 is 0 Å². The van der Waals surface area contributed by atoms with Crippen molar-refractivity contribution in [2.45, 2.75) is 57.3 Å². The third-order valence-electron chi connectivity index (χ3n) is 6.14. The van der Waals surface area contributed by atoms with Gasteiger partial charge in [0.25, 0.3) is 0 Å². The van der Waals surface area contributed by atoms with Crippen molar-refractivity contribution in [2.24, 2.45) is 11.7 Å². The van der Waals surface area contributed by atoms with Crippen molar-refractivity contribution < 1.29 is 24.3 Å². The Morgan fingerprint density at radius 3 is 1.72 bits per heavy atom. The van der Waals surface area contributed by atoms with Gasteiger partial charge in [-0.15, -0.1) is 0 Å². The number of hydrogen-bond donors (Lipinski definition) is 7. The van der Waals surface area contributed by atoms with Crippen molar-refractivity contribution in [3.63, 3.8) is 0 Å². The number of H-pyrrole nitrogens is 2. The molecule has 1 aromatic carbocycles. The Morgan fingerprint density at radius 2 is 1.28 bits per heavy atom. The van der Waals surface area contributed by atoms with Gasteiger partial charge in [-0.25, -0.2) is 14.8 Å². The van der Waals surface area contributed by atoms with E-state index in [1.807, 2.05) is 0 Å². The maximum absolute atomic E-state index is 13.4. The topological polar surface area (TPSA) is 208 Å². The molecule has 4 atom stereocenters. The van der Waals surface area contributed by atoms with E-state index in [-0.39, 0.29) is 25.2 Å². The molecular formula is C26H34N8O5. The highest BCUT2D eigenvalue weighted by Crippen LogP contribution is 2.08. The molecule has 0 saturated carbocycles. The molecule has 0 spiro atoms. The number of rotatable bonds is 14. The van der Waals surface area contributed by atoms with E-state index in [2.05, 4.69) is 35.9 Å². The van der Waals surface area contributed by atoms with Gasteiger partial charge in [0.05, 0.1) is 18.7 Å². The van der Waals surface area contributed by atoms with Gasteiger partial charge in [-0.05, 0) is 11.5 Å². The lowest BCUT2D eigenvalue weighted by atomic mass is 10.0. The summed E-state index contributed by atoms with van der Waals surface area (Å²) >= 11 is 0. The van der Waals surface area contributed by atoms with Crippen LogP contribution in [0.2, 0.25) is 0 Å². The summed E-state index contributed by atoms with van der Waals surface area (Å²) in [5.74, 6) is -3.26. The maximum Gasteiger partial charge on any atom is 0.326 e. The Balaban J connectivity index is 1.79. The minimum absolute atomic E-state index is 0.00544. The molecule has 4 unspecified atom stereocenters. The van der Waals surface area contributed by atoms with E-state index in [1.54, 1.807) is 44.2 Å². The van der Waals surface area contributed by atoms with Crippen LogP contribution in [-0.4, -0.2) is 72.9 Å². The SMILES string of the molecule is CC(C)C(N)C(=O)NC(Cc1cnc[nH]1)C(=O)NC(Cc1cnc[nH]1)C(=O)NC(Cc1ccccc1)C(=O)O. The van der Waals surface area contributed by atoms with Crippen molar-refractivity contribution >= 4 is 23.7 Å². The lowest BCUT2D eigenvalue weighted by Crippen LogP contribution is -2.58. The molecule has 2 aromatic heterocycles. The highest BCUT2D eigenvalue weighted by Gasteiger charge is 2.31. The molecule has 0 aliphatic carbocycles. The molecule has 8 N–H and O–H groups in total. The first kappa shape index (κ1) is 29.0. The van der Waals surface area contributed by atoms with Crippen LogP contribution in [0.3, 0.4) is 0 Å². The van der Waals surface area contributed by atoms with Crippen LogP contribution in [0.1, 0.15) is 30.8 Å². The van der Waals surface area contributed by atoms with Gasteiger partial charge in [-0.2, -0.15) is 0 Å². The minimum atomic E-state index is -1.23. The molecule has 3 aromatic rings. The average molecular weight is 539 g/mol. The molecule has 0 bridgehead atoms. The largest absolute Gasteiger partial charge is 0.480 e. The molecule has 3 rings (SSSR count). The summed E-state index contributed by atoms with van der Waals surface area (Å²) in [6, 6.07) is 4.54. The van der Waals surface area contributed by atoms with Crippen LogP contribution in [0, 0.1) is 5.92 Å². The van der Waals surface area contributed by atoms with Crippen molar-refractivity contribution in [3.8, 4) is 0 Å². The summed E-state index contributed by atoms with van der Waals surface area (Å²) in [5, 5.41) is 17.6. The van der Waals surface area contributed by atoms with E-state index in [9.17, 15) is 24.3 Å². The van der Waals surface area contributed by atoms with Gasteiger partial charge in [0.1, 0.15) is 18.1 Å². The number of carboxylic acid groups (broad SMARTS) is 1. The fraction of sp³-hybridized carbons (Fsp3) is 0.385. The van der Waals surface area contributed by atoms with E-state index in [1.165, 1.54) is 25.0 Å². The van der Waals surface area contributed by atoms with Crippen LogP contribution < -0.4 is 21.7 Å². The number of carbonyl (C=O) groups excluding carboxylic acids is 3. The van der Waals surface area contributed by atoms with Gasteiger partial charge in [-0.3, -0.25) is 14.4 Å². The smallest absolute Gasteiger partial charge is 0.326 e. The van der Waals surface area contributed by atoms with Gasteiger partial charge in [0.2, 0.25) is 17.7 Å². The number of amides is 3. The zero-order valence-electron chi connectivity index (χ0n) is 21.8. The Kier molecular flexibility index (Phi) is 10.3. The highest BCUT2D eigenvalue weighted by atomic mass is 16.4. The number of nitrogens with one attached hydrogen (secondary N) is 5. The summed E-state index contributed by atoms with van der Waals surface area (Å²) in [6.07, 6.45) is 6.01. The molecule has 2 heterocycles. The summed E-state index contributed by atoms with van der Waals surface area (Å²) < 4.78 is 0. The van der Waals surface area contributed by atoms with Gasteiger partial charge < -0.3 is 36.8 Å². The number of benzene rings is 1. The van der Waals surface area contributed by atoms with E-state index in [0.29, 0.717) is 11.4 Å². The van der Waals surface area contributed by atoms with Gasteiger partial charge in [0.15, 0.2) is 0 Å². The van der Waals surface area contributed by atoms with Crippen LogP contribution in [-0.2, 0) is 38.4 Å². The first-order valence-electron chi connectivity index (χ1n) is 12.5. The molecule has 0 radical (unpaired) electrons. The number of aromatic nitrogens is 4. The van der Waals surface area contributed by atoms with Crippen molar-refractivity contribution in [3.05, 3.63) is 72.3 Å². The van der Waals surface area contributed by atoms with E-state index in [4.69, 9.17) is 5.73 Å². The Morgan fingerprint density at radius 1 is 0.795 bits per heavy atom. The number of nitrogens with zero attached hydrogens (tertiary/aromatic N) is 2. The Bertz CT molecular complexity index is 1210. The number of aliphatic carboxylic acids is 1. The predicted octanol–water partition coefficient (Wildman–Crippen LogP) is -0.317. The number of aromatic amines is 2. The molecule has 208 valence electrons. The minimum Gasteiger partial charge on any atom is -0.480 e. The third kappa shape index (κ3) is 8.78. The second-order valence-corrected chi connectivity index (χ2v) is 9.54. The molecule has 3 amide bonds. The first-order valence-corrected chi connectivity index (χ1v) is 12.5. The monoisotopic (exact) mass is 538 g/mol. The molecule has 0 fully saturated rings. The van der Waals surface area contributed by atoms with Gasteiger partial charge in [-0.1, -0.05) is 44.2 Å². The summed E-state index contributed by atoms with van der Waals surface area (Å²) in [5.41, 5.74) is 7.82. The molecule has 13 heteroatoms. The molecule has 0 saturated heterocycles. The van der Waals surface area contributed by atoms with E-state index < -0.39 is 47.9 Å². The average Bonchev–Trinajstić information content (AvgIpc) is 3.62. The highest BCUT2D eigenvalue weighted by molar-refractivity contribution is 5.94. The second-order valence-electron chi connectivity index (χ2n) is 9.54. The van der Waals surface area contributed by atoms with Crippen molar-refractivity contribution in [1.82, 2.24) is 35.9 Å². The van der Waals surface area contributed by atoms with Gasteiger partial charge >= 0.3 is 5.97 Å². The number of carbonyl (C=O) groups is 4. The number of nitrogens with two attached hydrogens (primary N) is 1. The number of hydrogen-bond acceptors (Lipinski definition) is 7. The van der Waals surface area contributed by atoms with Crippen LogP contribution >= 0.6 is 0 Å². The lowest BCUT2D eigenvalue weighted by molar-refractivity contribution is -0.142. The fourth-order valence-electron chi connectivity index (χ4n) is 3.82. The number of carboxylic acids is 1. The Hall–Kier alpha value is -4.52. The molecular weight excluding hydrogens is 504 g/mol. The zero-order valence-corrected chi connectivity index (χ0v) is 21.8. The van der Waals surface area contributed by atoms with E-state index in [0.717, 1.165) is 5.56 Å². The second kappa shape index (κ2) is 13.9. The molecule has 0 aliphatic heterocycles. The lowest BCUT2D eigenvalue weighted by Gasteiger charge is -2.25. The summed E-state index contributed by atoms with van der Waals surface area (Å²) in [6.45, 7) is 3.57. The third-order valence-corrected chi connectivity index (χ3v) is 6.14. The van der Waals surface area contributed by atoms with Crippen LogP contribution in [0.5, 0.6) is 0 Å². The van der Waals surface area contributed by atoms with Crippen LogP contribution in [0.4, 0.5) is 0 Å².